The van der Waals surface area contributed by atoms with Crippen molar-refractivity contribution in [2.24, 2.45) is 0 Å². The summed E-state index contributed by atoms with van der Waals surface area (Å²) in [4.78, 5) is 0. The van der Waals surface area contributed by atoms with Gasteiger partial charge in [0.15, 0.2) is 6.29 Å². The van der Waals surface area contributed by atoms with E-state index < -0.39 is 36.8 Å². The molecule has 7 nitrogen and oxygen atoms in total. The second-order valence-electron chi connectivity index (χ2n) is 11.1. The van der Waals surface area contributed by atoms with Crippen molar-refractivity contribution in [1.82, 2.24) is 0 Å². The molecule has 0 spiro atoms. The van der Waals surface area contributed by atoms with Crippen LogP contribution in [0.1, 0.15) is 22.3 Å². The maximum atomic E-state index is 6.76. The summed E-state index contributed by atoms with van der Waals surface area (Å²) >= 11 is 0. The van der Waals surface area contributed by atoms with Crippen LogP contribution in [0.25, 0.3) is 0 Å². The lowest BCUT2D eigenvalue weighted by molar-refractivity contribution is -0.334. The number of benzene rings is 4. The van der Waals surface area contributed by atoms with Crippen molar-refractivity contribution >= 4 is 0 Å². The van der Waals surface area contributed by atoms with Crippen LogP contribution < -0.4 is 0 Å². The fourth-order valence-corrected chi connectivity index (χ4v) is 5.46. The molecule has 1 heterocycles. The van der Waals surface area contributed by atoms with E-state index in [1.54, 1.807) is 13.2 Å². The van der Waals surface area contributed by atoms with Gasteiger partial charge in [-0.1, -0.05) is 127 Å². The molecule has 0 radical (unpaired) electrons. The van der Waals surface area contributed by atoms with E-state index in [1.807, 2.05) is 121 Å². The zero-order valence-corrected chi connectivity index (χ0v) is 26.4. The molecule has 7 heteroatoms. The van der Waals surface area contributed by atoms with Gasteiger partial charge in [-0.25, -0.2) is 0 Å². The fourth-order valence-electron chi connectivity index (χ4n) is 5.46. The van der Waals surface area contributed by atoms with E-state index in [2.05, 4.69) is 6.58 Å². The third kappa shape index (κ3) is 9.92. The molecule has 1 fully saturated rings. The molecule has 0 N–H and O–H groups in total. The number of hydrogen-bond acceptors (Lipinski definition) is 7. The standard InChI is InChI=1S/C39H44O7/c1-3-24-41-29-34(42-25-30-16-8-4-9-17-30)35-36(43-26-31-18-10-5-11-19-31)37(44-27-32-20-12-6-13-21-32)38(39(40-2)46-35)45-28-33-22-14-7-15-23-33/h3-23,34-39H,1,24-29H2,2H3/t34-,35+,36+,37-,38-,39+/m0/s1. The molecule has 5 rings (SSSR count). The van der Waals surface area contributed by atoms with Crippen molar-refractivity contribution in [2.75, 3.05) is 20.3 Å². The zero-order valence-electron chi connectivity index (χ0n) is 26.4. The molecule has 0 aromatic heterocycles. The van der Waals surface area contributed by atoms with Crippen molar-refractivity contribution in [3.8, 4) is 0 Å². The van der Waals surface area contributed by atoms with Gasteiger partial charge < -0.3 is 33.2 Å². The van der Waals surface area contributed by atoms with Gasteiger partial charge in [0, 0.05) is 7.11 Å². The molecule has 1 aliphatic rings. The van der Waals surface area contributed by atoms with Gasteiger partial charge in [-0.2, -0.15) is 0 Å². The Labute approximate surface area is 272 Å². The second-order valence-corrected chi connectivity index (χ2v) is 11.1. The van der Waals surface area contributed by atoms with Gasteiger partial charge in [0.2, 0.25) is 0 Å². The summed E-state index contributed by atoms with van der Waals surface area (Å²) in [5.41, 5.74) is 4.14. The Kier molecular flexibility index (Phi) is 13.5. The van der Waals surface area contributed by atoms with Gasteiger partial charge in [-0.15, -0.1) is 6.58 Å². The number of ether oxygens (including phenoxy) is 7. The topological polar surface area (TPSA) is 64.6 Å². The molecule has 0 amide bonds. The molecule has 46 heavy (non-hydrogen) atoms. The van der Waals surface area contributed by atoms with Crippen LogP contribution in [0.4, 0.5) is 0 Å². The van der Waals surface area contributed by atoms with Crippen LogP contribution in [-0.4, -0.2) is 57.1 Å². The molecular formula is C39H44O7. The van der Waals surface area contributed by atoms with Crippen LogP contribution in [0.15, 0.2) is 134 Å². The SMILES string of the molecule is C=CCOC[C@H](OCc1ccccc1)[C@H]1O[C@@H](OC)[C@@H](OCc2ccccc2)[C@@H](OCc2ccccc2)[C@@H]1OCc1ccccc1. The van der Waals surface area contributed by atoms with Crippen molar-refractivity contribution in [2.45, 2.75) is 63.2 Å². The van der Waals surface area contributed by atoms with Gasteiger partial charge in [0.1, 0.15) is 30.5 Å². The van der Waals surface area contributed by atoms with Crippen molar-refractivity contribution in [3.63, 3.8) is 0 Å². The summed E-state index contributed by atoms with van der Waals surface area (Å²) in [5, 5.41) is 0. The van der Waals surface area contributed by atoms with E-state index in [1.165, 1.54) is 0 Å². The zero-order chi connectivity index (χ0) is 31.8. The summed E-state index contributed by atoms with van der Waals surface area (Å²) in [6.07, 6.45) is -1.93. The minimum Gasteiger partial charge on any atom is -0.375 e. The maximum Gasteiger partial charge on any atom is 0.186 e. The maximum absolute atomic E-state index is 6.76. The lowest BCUT2D eigenvalue weighted by Crippen LogP contribution is -2.64. The fraction of sp³-hybridized carbons (Fsp3) is 0.333. The van der Waals surface area contributed by atoms with Gasteiger partial charge >= 0.3 is 0 Å². The normalized spacial score (nSPS) is 21.9. The number of hydrogen-bond donors (Lipinski definition) is 0. The third-order valence-corrected chi connectivity index (χ3v) is 7.81. The molecule has 0 bridgehead atoms. The van der Waals surface area contributed by atoms with E-state index in [4.69, 9.17) is 33.2 Å². The second kappa shape index (κ2) is 18.5. The van der Waals surface area contributed by atoms with E-state index >= 15 is 0 Å². The highest BCUT2D eigenvalue weighted by molar-refractivity contribution is 5.16. The molecule has 6 atom stereocenters. The molecule has 0 aliphatic carbocycles. The molecular weight excluding hydrogens is 580 g/mol. The molecule has 0 saturated carbocycles. The Balaban J connectivity index is 1.47. The van der Waals surface area contributed by atoms with Crippen molar-refractivity contribution < 1.29 is 33.2 Å². The van der Waals surface area contributed by atoms with Crippen LogP contribution in [-0.2, 0) is 59.6 Å². The first-order valence-electron chi connectivity index (χ1n) is 15.7. The minimum atomic E-state index is -0.756. The van der Waals surface area contributed by atoms with Crippen molar-refractivity contribution in [3.05, 3.63) is 156 Å². The molecule has 4 aromatic rings. The average Bonchev–Trinajstić information content (AvgIpc) is 3.12. The van der Waals surface area contributed by atoms with E-state index in [-0.39, 0.29) is 6.61 Å². The summed E-state index contributed by atoms with van der Waals surface area (Å²) in [5.74, 6) is 0. The Hall–Kier alpha value is -3.66. The van der Waals surface area contributed by atoms with Crippen LogP contribution in [0.2, 0.25) is 0 Å². The highest BCUT2D eigenvalue weighted by Gasteiger charge is 2.51. The lowest BCUT2D eigenvalue weighted by atomic mass is 9.94. The molecule has 1 aliphatic heterocycles. The van der Waals surface area contributed by atoms with E-state index in [0.717, 1.165) is 22.3 Å². The largest absolute Gasteiger partial charge is 0.375 e. The first kappa shape index (κ1) is 33.7. The monoisotopic (exact) mass is 624 g/mol. The van der Waals surface area contributed by atoms with Crippen LogP contribution in [0.5, 0.6) is 0 Å². The van der Waals surface area contributed by atoms with Gasteiger partial charge in [0.05, 0.1) is 39.6 Å². The highest BCUT2D eigenvalue weighted by atomic mass is 16.7. The quantitative estimate of drug-likeness (QED) is 0.0882. The van der Waals surface area contributed by atoms with E-state index in [0.29, 0.717) is 33.0 Å². The number of rotatable bonds is 18. The third-order valence-electron chi connectivity index (χ3n) is 7.81. The molecule has 242 valence electrons. The van der Waals surface area contributed by atoms with Crippen LogP contribution >= 0.6 is 0 Å². The minimum absolute atomic E-state index is 0.256. The molecule has 4 aromatic carbocycles. The molecule has 0 unspecified atom stereocenters. The van der Waals surface area contributed by atoms with E-state index in [9.17, 15) is 0 Å². The van der Waals surface area contributed by atoms with Crippen molar-refractivity contribution in [1.29, 1.82) is 0 Å². The molecule has 1 saturated heterocycles. The Morgan fingerprint density at radius 3 is 1.50 bits per heavy atom. The summed E-state index contributed by atoms with van der Waals surface area (Å²) in [6.45, 7) is 5.86. The summed E-state index contributed by atoms with van der Waals surface area (Å²) < 4.78 is 45.3. The predicted molar refractivity (Wildman–Crippen MR) is 177 cm³/mol. The predicted octanol–water partition coefficient (Wildman–Crippen LogP) is 6.90. The Morgan fingerprint density at radius 1 is 0.609 bits per heavy atom. The lowest BCUT2D eigenvalue weighted by Gasteiger charge is -2.47. The Morgan fingerprint density at radius 2 is 1.04 bits per heavy atom. The number of methoxy groups -OCH3 is 1. The summed E-state index contributed by atoms with van der Waals surface area (Å²) in [6, 6.07) is 40.2. The van der Waals surface area contributed by atoms with Crippen LogP contribution in [0, 0.1) is 0 Å². The van der Waals surface area contributed by atoms with Gasteiger partial charge in [-0.3, -0.25) is 0 Å². The first-order chi connectivity index (χ1) is 22.7. The van der Waals surface area contributed by atoms with Gasteiger partial charge in [-0.05, 0) is 22.3 Å². The smallest absolute Gasteiger partial charge is 0.186 e. The highest BCUT2D eigenvalue weighted by Crippen LogP contribution is 2.33. The van der Waals surface area contributed by atoms with Gasteiger partial charge in [0.25, 0.3) is 0 Å². The first-order valence-corrected chi connectivity index (χ1v) is 15.7. The van der Waals surface area contributed by atoms with Crippen LogP contribution in [0.3, 0.4) is 0 Å². The average molecular weight is 625 g/mol. The Bertz CT molecular complexity index is 1390. The summed E-state index contributed by atoms with van der Waals surface area (Å²) in [7, 11) is 1.62.